The van der Waals surface area contributed by atoms with Gasteiger partial charge >= 0.3 is 0 Å². The molecule has 0 radical (unpaired) electrons. The van der Waals surface area contributed by atoms with Crippen LogP contribution in [0.1, 0.15) is 52.1 Å². The summed E-state index contributed by atoms with van der Waals surface area (Å²) in [6.07, 6.45) is 4.21. The molecular weight excluding hydrogens is 322 g/mol. The fraction of sp³-hybridized carbons (Fsp3) is 0.474. The summed E-state index contributed by atoms with van der Waals surface area (Å²) in [6.45, 7) is 6.32. The third kappa shape index (κ3) is 3.48. The molecule has 128 valence electrons. The number of para-hydroxylation sites is 1. The lowest BCUT2D eigenvalue weighted by Gasteiger charge is -2.14. The Labute approximate surface area is 148 Å². The third-order valence-electron chi connectivity index (χ3n) is 4.54. The Bertz CT molecular complexity index is 739. The molecule has 1 aromatic heterocycles. The average Bonchev–Trinajstić information content (AvgIpc) is 3.16. The topological polar surface area (TPSA) is 46.9 Å². The van der Waals surface area contributed by atoms with Crippen molar-refractivity contribution in [2.24, 2.45) is 5.92 Å². The predicted molar refractivity (Wildman–Crippen MR) is 97.9 cm³/mol. The minimum Gasteiger partial charge on any atom is -0.310 e. The molecule has 1 fully saturated rings. The Balaban J connectivity index is 1.98. The lowest BCUT2D eigenvalue weighted by molar-refractivity contribution is -0.119. The molecule has 1 aliphatic carbocycles. The van der Waals surface area contributed by atoms with E-state index in [9.17, 15) is 4.79 Å². The van der Waals surface area contributed by atoms with Gasteiger partial charge in [-0.25, -0.2) is 4.68 Å². The molecule has 0 aliphatic heterocycles. The second-order valence-electron chi connectivity index (χ2n) is 7.50. The van der Waals surface area contributed by atoms with Crippen LogP contribution in [0.15, 0.2) is 30.3 Å². The number of nitrogens with one attached hydrogen (secondary N) is 1. The lowest BCUT2D eigenvalue weighted by atomic mass is 9.92. The molecule has 0 spiro atoms. The van der Waals surface area contributed by atoms with Gasteiger partial charge in [-0.05, 0) is 25.0 Å². The van der Waals surface area contributed by atoms with Gasteiger partial charge < -0.3 is 5.32 Å². The molecule has 2 aromatic rings. The number of aromatic nitrogens is 2. The van der Waals surface area contributed by atoms with E-state index in [0.29, 0.717) is 10.8 Å². The maximum absolute atomic E-state index is 12.6. The molecule has 4 nitrogen and oxygen atoms in total. The van der Waals surface area contributed by atoms with Gasteiger partial charge in [-0.1, -0.05) is 57.3 Å². The lowest BCUT2D eigenvalue weighted by Crippen LogP contribution is -2.22. The summed E-state index contributed by atoms with van der Waals surface area (Å²) in [5.74, 6) is 0.878. The summed E-state index contributed by atoms with van der Waals surface area (Å²) in [4.78, 5) is 12.6. The Morgan fingerprint density at radius 3 is 2.54 bits per heavy atom. The van der Waals surface area contributed by atoms with Crippen LogP contribution in [0.3, 0.4) is 0 Å². The summed E-state index contributed by atoms with van der Waals surface area (Å²) in [5, 5.41) is 8.39. The molecule has 0 bridgehead atoms. The number of nitrogens with zero attached hydrogens (tertiary/aromatic N) is 2. The van der Waals surface area contributed by atoms with E-state index in [2.05, 4.69) is 26.1 Å². The molecule has 1 N–H and O–H groups in total. The highest BCUT2D eigenvalue weighted by Gasteiger charge is 2.26. The first-order valence-corrected chi connectivity index (χ1v) is 8.90. The summed E-state index contributed by atoms with van der Waals surface area (Å²) in [6, 6.07) is 9.50. The molecule has 1 aliphatic rings. The molecule has 24 heavy (non-hydrogen) atoms. The summed E-state index contributed by atoms with van der Waals surface area (Å²) < 4.78 is 1.75. The summed E-state index contributed by atoms with van der Waals surface area (Å²) in [7, 11) is 0. The van der Waals surface area contributed by atoms with Gasteiger partial charge in [-0.3, -0.25) is 4.79 Å². The molecule has 1 heterocycles. The molecule has 3 rings (SSSR count). The standard InChI is InChI=1S/C19H24ClN3O/c1-19(2,3)16-12-17(21-18(24)13-8-4-5-9-13)23(22-16)15-11-7-6-10-14(15)20/h6-7,10-13H,4-5,8-9H2,1-3H3,(H,21,24). The highest BCUT2D eigenvalue weighted by Crippen LogP contribution is 2.31. The zero-order valence-corrected chi connectivity index (χ0v) is 15.2. The van der Waals surface area contributed by atoms with Crippen LogP contribution in [-0.4, -0.2) is 15.7 Å². The van der Waals surface area contributed by atoms with Gasteiger partial charge in [0.05, 0.1) is 16.4 Å². The van der Waals surface area contributed by atoms with Crippen LogP contribution in [0, 0.1) is 5.92 Å². The third-order valence-corrected chi connectivity index (χ3v) is 4.86. The SMILES string of the molecule is CC(C)(C)c1cc(NC(=O)C2CCCC2)n(-c2ccccc2Cl)n1. The molecular formula is C19H24ClN3O. The van der Waals surface area contributed by atoms with Crippen LogP contribution in [0.25, 0.3) is 5.69 Å². The maximum atomic E-state index is 12.6. The van der Waals surface area contributed by atoms with Crippen LogP contribution in [0.4, 0.5) is 5.82 Å². The zero-order valence-electron chi connectivity index (χ0n) is 14.5. The van der Waals surface area contributed by atoms with E-state index in [1.54, 1.807) is 4.68 Å². The summed E-state index contributed by atoms with van der Waals surface area (Å²) in [5.41, 5.74) is 1.58. The molecule has 1 saturated carbocycles. The van der Waals surface area contributed by atoms with E-state index in [1.165, 1.54) is 0 Å². The summed E-state index contributed by atoms with van der Waals surface area (Å²) >= 11 is 6.34. The average molecular weight is 346 g/mol. The van der Waals surface area contributed by atoms with E-state index in [-0.39, 0.29) is 17.2 Å². The van der Waals surface area contributed by atoms with Gasteiger partial charge in [0, 0.05) is 17.4 Å². The van der Waals surface area contributed by atoms with Crippen molar-refractivity contribution in [3.05, 3.63) is 41.0 Å². The van der Waals surface area contributed by atoms with Crippen molar-refractivity contribution in [3.63, 3.8) is 0 Å². The molecule has 0 atom stereocenters. The van der Waals surface area contributed by atoms with Crippen LogP contribution in [0.2, 0.25) is 5.02 Å². The number of amides is 1. The molecule has 1 aromatic carbocycles. The van der Waals surface area contributed by atoms with Crippen molar-refractivity contribution >= 4 is 23.3 Å². The highest BCUT2D eigenvalue weighted by molar-refractivity contribution is 6.32. The van der Waals surface area contributed by atoms with Crippen LogP contribution < -0.4 is 5.32 Å². The Kier molecular flexibility index (Phi) is 4.68. The Hall–Kier alpha value is -1.81. The number of rotatable bonds is 3. The fourth-order valence-electron chi connectivity index (χ4n) is 3.06. The molecule has 5 heteroatoms. The van der Waals surface area contributed by atoms with E-state index in [4.69, 9.17) is 16.7 Å². The Morgan fingerprint density at radius 2 is 1.92 bits per heavy atom. The first-order valence-electron chi connectivity index (χ1n) is 8.52. The number of halogens is 1. The normalized spacial score (nSPS) is 15.7. The van der Waals surface area contributed by atoms with Gasteiger partial charge in [0.2, 0.25) is 5.91 Å². The number of carbonyl (C=O) groups excluding carboxylic acids is 1. The van der Waals surface area contributed by atoms with Gasteiger partial charge in [0.25, 0.3) is 0 Å². The zero-order chi connectivity index (χ0) is 17.3. The van der Waals surface area contributed by atoms with Gasteiger partial charge in [-0.2, -0.15) is 5.10 Å². The smallest absolute Gasteiger partial charge is 0.228 e. The largest absolute Gasteiger partial charge is 0.310 e. The number of hydrogen-bond acceptors (Lipinski definition) is 2. The Morgan fingerprint density at radius 1 is 1.25 bits per heavy atom. The predicted octanol–water partition coefficient (Wildman–Crippen LogP) is 4.95. The second-order valence-corrected chi connectivity index (χ2v) is 7.91. The van der Waals surface area contributed by atoms with Crippen molar-refractivity contribution < 1.29 is 4.79 Å². The molecule has 1 amide bonds. The number of anilines is 1. The number of carbonyl (C=O) groups is 1. The van der Waals surface area contributed by atoms with Crippen molar-refractivity contribution in [2.45, 2.75) is 51.9 Å². The highest BCUT2D eigenvalue weighted by atomic mass is 35.5. The number of hydrogen-bond donors (Lipinski definition) is 1. The van der Waals surface area contributed by atoms with Crippen LogP contribution in [0.5, 0.6) is 0 Å². The first-order chi connectivity index (χ1) is 11.4. The van der Waals surface area contributed by atoms with Crippen LogP contribution in [-0.2, 0) is 10.2 Å². The van der Waals surface area contributed by atoms with Crippen LogP contribution >= 0.6 is 11.6 Å². The number of benzene rings is 1. The van der Waals surface area contributed by atoms with E-state index in [1.807, 2.05) is 30.3 Å². The van der Waals surface area contributed by atoms with Gasteiger partial charge in [-0.15, -0.1) is 0 Å². The first kappa shape index (κ1) is 17.0. The van der Waals surface area contributed by atoms with Crippen molar-refractivity contribution in [3.8, 4) is 5.69 Å². The van der Waals surface area contributed by atoms with E-state index < -0.39 is 0 Å². The van der Waals surface area contributed by atoms with Crippen molar-refractivity contribution in [1.29, 1.82) is 0 Å². The van der Waals surface area contributed by atoms with Gasteiger partial charge in [0.1, 0.15) is 5.82 Å². The van der Waals surface area contributed by atoms with E-state index >= 15 is 0 Å². The quantitative estimate of drug-likeness (QED) is 0.855. The minimum absolute atomic E-state index is 0.0844. The second kappa shape index (κ2) is 6.60. The monoisotopic (exact) mass is 345 g/mol. The van der Waals surface area contributed by atoms with Crippen molar-refractivity contribution in [1.82, 2.24) is 9.78 Å². The van der Waals surface area contributed by atoms with E-state index in [0.717, 1.165) is 37.1 Å². The maximum Gasteiger partial charge on any atom is 0.228 e. The molecule has 0 unspecified atom stereocenters. The molecule has 0 saturated heterocycles. The fourth-order valence-corrected chi connectivity index (χ4v) is 3.28. The van der Waals surface area contributed by atoms with Crippen molar-refractivity contribution in [2.75, 3.05) is 5.32 Å². The van der Waals surface area contributed by atoms with Gasteiger partial charge in [0.15, 0.2) is 0 Å². The minimum atomic E-state index is -0.112.